The van der Waals surface area contributed by atoms with E-state index in [2.05, 4.69) is 35.0 Å². The molecule has 2 aromatic rings. The molecule has 1 fully saturated rings. The predicted octanol–water partition coefficient (Wildman–Crippen LogP) is 4.09. The fourth-order valence-electron chi connectivity index (χ4n) is 2.81. The van der Waals surface area contributed by atoms with E-state index in [1.807, 2.05) is 35.2 Å². The zero-order chi connectivity index (χ0) is 14.1. The van der Waals surface area contributed by atoms with Gasteiger partial charge in [-0.2, -0.15) is 0 Å². The average Bonchev–Trinajstić information content (AvgIpc) is 2.49. The van der Waals surface area contributed by atoms with Crippen LogP contribution in [-0.2, 0) is 0 Å². The van der Waals surface area contributed by atoms with E-state index < -0.39 is 0 Å². The minimum absolute atomic E-state index is 0.155. The van der Waals surface area contributed by atoms with Gasteiger partial charge in [0.15, 0.2) is 0 Å². The molecule has 0 spiro atoms. The number of rotatable bonds is 1. The van der Waals surface area contributed by atoms with Crippen molar-refractivity contribution in [3.8, 4) is 0 Å². The van der Waals surface area contributed by atoms with Gasteiger partial charge >= 0.3 is 0 Å². The highest BCUT2D eigenvalue weighted by molar-refractivity contribution is 9.09. The van der Waals surface area contributed by atoms with Gasteiger partial charge in [-0.15, -0.1) is 0 Å². The van der Waals surface area contributed by atoms with Gasteiger partial charge in [0, 0.05) is 23.5 Å². The summed E-state index contributed by atoms with van der Waals surface area (Å²) in [6.07, 6.45) is 1.03. The molecule has 0 aliphatic carbocycles. The summed E-state index contributed by atoms with van der Waals surface area (Å²) in [5.74, 6) is 0.662. The van der Waals surface area contributed by atoms with E-state index in [0.29, 0.717) is 10.7 Å². The van der Waals surface area contributed by atoms with Crippen molar-refractivity contribution in [3.05, 3.63) is 48.0 Å². The van der Waals surface area contributed by atoms with E-state index in [9.17, 15) is 4.79 Å². The number of likely N-dealkylation sites (tertiary alicyclic amines) is 1. The fourth-order valence-corrected chi connectivity index (χ4v) is 3.18. The molecule has 104 valence electrons. The van der Waals surface area contributed by atoms with Crippen LogP contribution in [0, 0.1) is 5.92 Å². The maximum atomic E-state index is 12.6. The van der Waals surface area contributed by atoms with E-state index in [1.54, 1.807) is 0 Å². The molecular weight excluding hydrogens is 314 g/mol. The molecule has 2 atom stereocenters. The molecule has 0 saturated carbocycles. The van der Waals surface area contributed by atoms with Gasteiger partial charge in [-0.1, -0.05) is 53.2 Å². The lowest BCUT2D eigenvalue weighted by molar-refractivity contribution is 0.0690. The minimum atomic E-state index is 0.155. The number of halogens is 1. The molecular formula is C17H18BrNO. The number of piperidine rings is 1. The van der Waals surface area contributed by atoms with Crippen molar-refractivity contribution in [2.75, 3.05) is 13.1 Å². The highest BCUT2D eigenvalue weighted by Gasteiger charge is 2.27. The molecule has 2 aromatic carbocycles. The third-order valence-corrected chi connectivity index (χ3v) is 5.44. The second-order valence-corrected chi connectivity index (χ2v) is 6.77. The number of nitrogens with zero attached hydrogens (tertiary/aromatic N) is 1. The monoisotopic (exact) mass is 331 g/mol. The highest BCUT2D eigenvalue weighted by Crippen LogP contribution is 2.25. The number of amides is 1. The van der Waals surface area contributed by atoms with Crippen LogP contribution in [0.15, 0.2) is 42.5 Å². The van der Waals surface area contributed by atoms with Crippen LogP contribution >= 0.6 is 15.9 Å². The first-order chi connectivity index (χ1) is 9.65. The topological polar surface area (TPSA) is 20.3 Å². The molecule has 2 nitrogen and oxygen atoms in total. The first kappa shape index (κ1) is 13.6. The van der Waals surface area contributed by atoms with Crippen molar-refractivity contribution in [1.82, 2.24) is 4.90 Å². The molecule has 0 N–H and O–H groups in total. The maximum absolute atomic E-state index is 12.6. The SMILES string of the molecule is CC1CN(C(=O)c2ccc3ccccc3c2)CCC1Br. The Kier molecular flexibility index (Phi) is 3.79. The lowest BCUT2D eigenvalue weighted by atomic mass is 9.99. The van der Waals surface area contributed by atoms with Crippen LogP contribution in [0.5, 0.6) is 0 Å². The largest absolute Gasteiger partial charge is 0.338 e. The Labute approximate surface area is 127 Å². The van der Waals surface area contributed by atoms with Crippen molar-refractivity contribution >= 4 is 32.6 Å². The Bertz CT molecular complexity index is 640. The first-order valence-corrected chi connectivity index (χ1v) is 7.99. The molecule has 0 bridgehead atoms. The zero-order valence-corrected chi connectivity index (χ0v) is 13.1. The second-order valence-electron chi connectivity index (χ2n) is 5.60. The van der Waals surface area contributed by atoms with Gasteiger partial charge < -0.3 is 4.90 Å². The van der Waals surface area contributed by atoms with Crippen LogP contribution in [0.25, 0.3) is 10.8 Å². The van der Waals surface area contributed by atoms with Crippen molar-refractivity contribution in [3.63, 3.8) is 0 Å². The first-order valence-electron chi connectivity index (χ1n) is 7.07. The lowest BCUT2D eigenvalue weighted by Crippen LogP contribution is -2.43. The molecule has 2 unspecified atom stereocenters. The zero-order valence-electron chi connectivity index (χ0n) is 11.6. The number of carbonyl (C=O) groups is 1. The van der Waals surface area contributed by atoms with Crippen LogP contribution in [-0.4, -0.2) is 28.7 Å². The van der Waals surface area contributed by atoms with Gasteiger partial charge in [0.1, 0.15) is 0 Å². The number of benzene rings is 2. The molecule has 20 heavy (non-hydrogen) atoms. The summed E-state index contributed by atoms with van der Waals surface area (Å²) >= 11 is 3.68. The van der Waals surface area contributed by atoms with E-state index in [4.69, 9.17) is 0 Å². The number of alkyl halides is 1. The lowest BCUT2D eigenvalue weighted by Gasteiger charge is -2.34. The summed E-state index contributed by atoms with van der Waals surface area (Å²) in [6.45, 7) is 3.87. The van der Waals surface area contributed by atoms with Gasteiger partial charge in [-0.3, -0.25) is 4.79 Å². The van der Waals surface area contributed by atoms with Crippen LogP contribution in [0.1, 0.15) is 23.7 Å². The Hall–Kier alpha value is -1.35. The summed E-state index contributed by atoms with van der Waals surface area (Å²) in [4.78, 5) is 15.1. The molecule has 0 radical (unpaired) electrons. The number of hydrogen-bond donors (Lipinski definition) is 0. The quantitative estimate of drug-likeness (QED) is 0.721. The molecule has 1 amide bonds. The van der Waals surface area contributed by atoms with Crippen LogP contribution in [0.3, 0.4) is 0 Å². The van der Waals surface area contributed by atoms with Gasteiger partial charge in [0.2, 0.25) is 0 Å². The smallest absolute Gasteiger partial charge is 0.253 e. The second kappa shape index (κ2) is 5.57. The van der Waals surface area contributed by atoms with Gasteiger partial charge in [-0.05, 0) is 35.2 Å². The molecule has 1 heterocycles. The van der Waals surface area contributed by atoms with Crippen molar-refractivity contribution in [2.45, 2.75) is 18.2 Å². The van der Waals surface area contributed by atoms with E-state index in [-0.39, 0.29) is 5.91 Å². The third kappa shape index (κ3) is 2.59. The summed E-state index contributed by atoms with van der Waals surface area (Å²) in [7, 11) is 0. The summed E-state index contributed by atoms with van der Waals surface area (Å²) in [5.41, 5.74) is 0.795. The van der Waals surface area contributed by atoms with Crippen LogP contribution in [0.4, 0.5) is 0 Å². The Balaban J connectivity index is 1.85. The van der Waals surface area contributed by atoms with E-state index in [0.717, 1.165) is 30.5 Å². The van der Waals surface area contributed by atoms with Gasteiger partial charge in [0.05, 0.1) is 0 Å². The highest BCUT2D eigenvalue weighted by atomic mass is 79.9. The minimum Gasteiger partial charge on any atom is -0.338 e. The molecule has 1 aliphatic heterocycles. The molecule has 0 aromatic heterocycles. The third-order valence-electron chi connectivity index (χ3n) is 4.08. The van der Waals surface area contributed by atoms with Crippen molar-refractivity contribution in [1.29, 1.82) is 0 Å². The van der Waals surface area contributed by atoms with Gasteiger partial charge in [-0.25, -0.2) is 0 Å². The fraction of sp³-hybridized carbons (Fsp3) is 0.353. The standard InChI is InChI=1S/C17H18BrNO/c1-12-11-19(9-8-16(12)18)17(20)15-7-6-13-4-2-3-5-14(13)10-15/h2-7,10,12,16H,8-9,11H2,1H3. The van der Waals surface area contributed by atoms with Crippen LogP contribution in [0.2, 0.25) is 0 Å². The Morgan fingerprint density at radius 2 is 1.95 bits per heavy atom. The number of fused-ring (bicyclic) bond motifs is 1. The Morgan fingerprint density at radius 1 is 1.20 bits per heavy atom. The molecule has 3 rings (SSSR count). The molecule has 3 heteroatoms. The van der Waals surface area contributed by atoms with E-state index >= 15 is 0 Å². The number of carbonyl (C=O) groups excluding carboxylic acids is 1. The molecule has 1 aliphatic rings. The van der Waals surface area contributed by atoms with Gasteiger partial charge in [0.25, 0.3) is 5.91 Å². The Morgan fingerprint density at radius 3 is 2.70 bits per heavy atom. The summed E-state index contributed by atoms with van der Waals surface area (Å²) < 4.78 is 0. The van der Waals surface area contributed by atoms with Crippen molar-refractivity contribution in [2.24, 2.45) is 5.92 Å². The molecule has 1 saturated heterocycles. The predicted molar refractivity (Wildman–Crippen MR) is 86.3 cm³/mol. The van der Waals surface area contributed by atoms with Crippen molar-refractivity contribution < 1.29 is 4.79 Å². The normalized spacial score (nSPS) is 23.0. The number of hydrogen-bond acceptors (Lipinski definition) is 1. The average molecular weight is 332 g/mol. The summed E-state index contributed by atoms with van der Waals surface area (Å²) in [6, 6.07) is 14.1. The maximum Gasteiger partial charge on any atom is 0.253 e. The summed E-state index contributed by atoms with van der Waals surface area (Å²) in [5, 5.41) is 2.30. The van der Waals surface area contributed by atoms with Crippen LogP contribution < -0.4 is 0 Å². The van der Waals surface area contributed by atoms with E-state index in [1.165, 1.54) is 5.39 Å².